The largest absolute Gasteiger partial charge is 0.497 e. The average molecular weight is 359 g/mol. The van der Waals surface area contributed by atoms with Crippen LogP contribution in [0.2, 0.25) is 0 Å². The monoisotopic (exact) mass is 359 g/mol. The number of methoxy groups -OCH3 is 1. The highest BCUT2D eigenvalue weighted by Crippen LogP contribution is 2.24. The number of hydrogen-bond acceptors (Lipinski definition) is 5. The second-order valence-corrected chi connectivity index (χ2v) is 6.92. The Balaban J connectivity index is 1.44. The number of rotatable bonds is 8. The maximum atomic E-state index is 11.8. The molecule has 6 nitrogen and oxygen atoms in total. The SMILES string of the molecule is COc1ccc(-c2csc(CCC(=O)NCC(=O)NC3CC3)n2)cc1. The molecule has 0 atom stereocenters. The fourth-order valence-corrected chi connectivity index (χ4v) is 3.12. The molecule has 0 unspecified atom stereocenters. The van der Waals surface area contributed by atoms with Crippen LogP contribution < -0.4 is 15.4 Å². The van der Waals surface area contributed by atoms with Crippen molar-refractivity contribution in [3.8, 4) is 17.0 Å². The quantitative estimate of drug-likeness (QED) is 0.757. The summed E-state index contributed by atoms with van der Waals surface area (Å²) in [5, 5.41) is 8.38. The zero-order chi connectivity index (χ0) is 17.6. The summed E-state index contributed by atoms with van der Waals surface area (Å²) in [6.07, 6.45) is 2.98. The van der Waals surface area contributed by atoms with Crippen LogP contribution in [-0.4, -0.2) is 36.5 Å². The lowest BCUT2D eigenvalue weighted by atomic mass is 10.2. The number of aromatic nitrogens is 1. The van der Waals surface area contributed by atoms with Crippen LogP contribution in [0.3, 0.4) is 0 Å². The second kappa shape index (κ2) is 8.11. The minimum Gasteiger partial charge on any atom is -0.497 e. The summed E-state index contributed by atoms with van der Waals surface area (Å²) in [5.41, 5.74) is 1.91. The van der Waals surface area contributed by atoms with E-state index in [2.05, 4.69) is 15.6 Å². The van der Waals surface area contributed by atoms with Gasteiger partial charge in [0.1, 0.15) is 5.75 Å². The van der Waals surface area contributed by atoms with E-state index in [-0.39, 0.29) is 18.4 Å². The van der Waals surface area contributed by atoms with Gasteiger partial charge in [-0.2, -0.15) is 0 Å². The Hall–Kier alpha value is -2.41. The molecule has 1 aliphatic rings. The first kappa shape index (κ1) is 17.4. The van der Waals surface area contributed by atoms with Crippen molar-refractivity contribution in [3.05, 3.63) is 34.7 Å². The molecule has 1 aliphatic carbocycles. The third-order valence-electron chi connectivity index (χ3n) is 3.89. The Kier molecular flexibility index (Phi) is 5.65. The molecule has 1 saturated carbocycles. The molecule has 0 aliphatic heterocycles. The third kappa shape index (κ3) is 5.29. The summed E-state index contributed by atoms with van der Waals surface area (Å²) in [6.45, 7) is 0.0459. The number of benzene rings is 1. The van der Waals surface area contributed by atoms with Gasteiger partial charge in [0.15, 0.2) is 0 Å². The zero-order valence-corrected chi connectivity index (χ0v) is 14.9. The van der Waals surface area contributed by atoms with Crippen LogP contribution in [0.5, 0.6) is 5.75 Å². The van der Waals surface area contributed by atoms with Gasteiger partial charge in [-0.05, 0) is 37.1 Å². The molecular formula is C18H21N3O3S. The van der Waals surface area contributed by atoms with E-state index in [1.165, 1.54) is 11.3 Å². The highest BCUT2D eigenvalue weighted by atomic mass is 32.1. The van der Waals surface area contributed by atoms with Gasteiger partial charge in [0.25, 0.3) is 0 Å². The molecule has 2 aromatic rings. The first-order chi connectivity index (χ1) is 12.1. The van der Waals surface area contributed by atoms with Gasteiger partial charge < -0.3 is 15.4 Å². The summed E-state index contributed by atoms with van der Waals surface area (Å²) < 4.78 is 5.15. The van der Waals surface area contributed by atoms with Crippen LogP contribution in [0.4, 0.5) is 0 Å². The smallest absolute Gasteiger partial charge is 0.239 e. The van der Waals surface area contributed by atoms with Gasteiger partial charge >= 0.3 is 0 Å². The summed E-state index contributed by atoms with van der Waals surface area (Å²) in [6, 6.07) is 8.03. The molecule has 0 radical (unpaired) electrons. The van der Waals surface area contributed by atoms with E-state index in [0.29, 0.717) is 18.9 Å². The van der Waals surface area contributed by atoms with E-state index in [9.17, 15) is 9.59 Å². The highest BCUT2D eigenvalue weighted by Gasteiger charge is 2.23. The number of carbonyl (C=O) groups is 2. The van der Waals surface area contributed by atoms with E-state index >= 15 is 0 Å². The van der Waals surface area contributed by atoms with Crippen LogP contribution >= 0.6 is 11.3 Å². The van der Waals surface area contributed by atoms with Gasteiger partial charge in [0.05, 0.1) is 24.4 Å². The lowest BCUT2D eigenvalue weighted by Gasteiger charge is -2.05. The summed E-state index contributed by atoms with van der Waals surface area (Å²) in [5.74, 6) is 0.556. The maximum absolute atomic E-state index is 11.8. The summed E-state index contributed by atoms with van der Waals surface area (Å²) >= 11 is 1.54. The van der Waals surface area contributed by atoms with Gasteiger partial charge in [0, 0.05) is 29.8 Å². The Labute approximate surface area is 150 Å². The number of hydrogen-bond donors (Lipinski definition) is 2. The lowest BCUT2D eigenvalue weighted by Crippen LogP contribution is -2.37. The van der Waals surface area contributed by atoms with E-state index in [4.69, 9.17) is 4.74 Å². The van der Waals surface area contributed by atoms with Crippen molar-refractivity contribution in [2.24, 2.45) is 0 Å². The highest BCUT2D eigenvalue weighted by molar-refractivity contribution is 7.09. The van der Waals surface area contributed by atoms with E-state index in [0.717, 1.165) is 34.9 Å². The van der Waals surface area contributed by atoms with Crippen molar-refractivity contribution >= 4 is 23.2 Å². The molecule has 2 amide bonds. The van der Waals surface area contributed by atoms with Crippen LogP contribution in [0.15, 0.2) is 29.6 Å². The molecule has 0 bridgehead atoms. The molecule has 1 fully saturated rings. The number of nitrogens with one attached hydrogen (secondary N) is 2. The van der Waals surface area contributed by atoms with Gasteiger partial charge in [0.2, 0.25) is 11.8 Å². The number of amides is 2. The van der Waals surface area contributed by atoms with E-state index in [1.54, 1.807) is 7.11 Å². The lowest BCUT2D eigenvalue weighted by molar-refractivity contribution is -0.126. The molecular weight excluding hydrogens is 338 g/mol. The average Bonchev–Trinajstić information content (AvgIpc) is 3.31. The van der Waals surface area contributed by atoms with Crippen molar-refractivity contribution < 1.29 is 14.3 Å². The number of ether oxygens (including phenoxy) is 1. The molecule has 0 saturated heterocycles. The van der Waals surface area contributed by atoms with Gasteiger partial charge in [-0.15, -0.1) is 11.3 Å². The van der Waals surface area contributed by atoms with Gasteiger partial charge in [-0.3, -0.25) is 9.59 Å². The molecule has 0 spiro atoms. The third-order valence-corrected chi connectivity index (χ3v) is 4.80. The van der Waals surface area contributed by atoms with Crippen molar-refractivity contribution in [1.29, 1.82) is 0 Å². The van der Waals surface area contributed by atoms with Gasteiger partial charge in [-0.25, -0.2) is 4.98 Å². The van der Waals surface area contributed by atoms with E-state index < -0.39 is 0 Å². The number of aryl methyl sites for hydroxylation is 1. The minimum atomic E-state index is -0.132. The first-order valence-electron chi connectivity index (χ1n) is 8.29. The maximum Gasteiger partial charge on any atom is 0.239 e. The minimum absolute atomic E-state index is 0.0459. The topological polar surface area (TPSA) is 80.3 Å². The van der Waals surface area contributed by atoms with Crippen LogP contribution in [-0.2, 0) is 16.0 Å². The van der Waals surface area contributed by atoms with Crippen molar-refractivity contribution in [1.82, 2.24) is 15.6 Å². The van der Waals surface area contributed by atoms with Gasteiger partial charge in [-0.1, -0.05) is 0 Å². The van der Waals surface area contributed by atoms with Crippen LogP contribution in [0.1, 0.15) is 24.3 Å². The van der Waals surface area contributed by atoms with Crippen molar-refractivity contribution in [2.45, 2.75) is 31.7 Å². The summed E-state index contributed by atoms with van der Waals surface area (Å²) in [4.78, 5) is 27.9. The molecule has 1 aromatic heterocycles. The molecule has 3 rings (SSSR count). The molecule has 2 N–H and O–H groups in total. The van der Waals surface area contributed by atoms with Crippen molar-refractivity contribution in [2.75, 3.05) is 13.7 Å². The number of thiazole rings is 1. The normalized spacial score (nSPS) is 13.3. The fourth-order valence-electron chi connectivity index (χ4n) is 2.31. The predicted molar refractivity (Wildman–Crippen MR) is 96.6 cm³/mol. The standard InChI is InChI=1S/C18H21N3O3S/c1-24-14-6-2-12(3-7-14)15-11-25-18(21-15)9-8-16(22)19-10-17(23)20-13-4-5-13/h2-3,6-7,11,13H,4-5,8-10H2,1H3,(H,19,22)(H,20,23). The Bertz CT molecular complexity index is 738. The van der Waals surface area contributed by atoms with Crippen molar-refractivity contribution in [3.63, 3.8) is 0 Å². The zero-order valence-electron chi connectivity index (χ0n) is 14.1. The number of carbonyl (C=O) groups excluding carboxylic acids is 2. The van der Waals surface area contributed by atoms with Crippen LogP contribution in [0.25, 0.3) is 11.3 Å². The molecule has 132 valence electrons. The van der Waals surface area contributed by atoms with E-state index in [1.807, 2.05) is 29.6 Å². The Morgan fingerprint density at radius 2 is 2.00 bits per heavy atom. The van der Waals surface area contributed by atoms with Crippen LogP contribution in [0, 0.1) is 0 Å². The molecule has 25 heavy (non-hydrogen) atoms. The molecule has 1 aromatic carbocycles. The Morgan fingerprint density at radius 3 is 2.68 bits per heavy atom. The second-order valence-electron chi connectivity index (χ2n) is 5.97. The number of nitrogens with zero attached hydrogens (tertiary/aromatic N) is 1. The predicted octanol–water partition coefficient (Wildman–Crippen LogP) is 2.15. The summed E-state index contributed by atoms with van der Waals surface area (Å²) in [7, 11) is 1.64. The molecule has 1 heterocycles. The first-order valence-corrected chi connectivity index (χ1v) is 9.17. The Morgan fingerprint density at radius 1 is 1.24 bits per heavy atom. The fraction of sp³-hybridized carbons (Fsp3) is 0.389. The molecule has 7 heteroatoms.